The molecule has 2 atom stereocenters. The molecular weight excluding hydrogens is 300 g/mol. The van der Waals surface area contributed by atoms with E-state index in [1.54, 1.807) is 45.0 Å². The second-order valence-corrected chi connectivity index (χ2v) is 6.20. The summed E-state index contributed by atoms with van der Waals surface area (Å²) in [6.07, 6.45) is -0.601. The summed E-state index contributed by atoms with van der Waals surface area (Å²) < 4.78 is 5.13. The number of Topliss-reactive ketones (excluding diaryl/α,β-unsaturated/α-hetero) is 1. The Hall–Kier alpha value is -2.41. The third-order valence-corrected chi connectivity index (χ3v) is 3.00. The summed E-state index contributed by atoms with van der Waals surface area (Å²) in [5.74, 6) is -2.53. The summed E-state index contributed by atoms with van der Waals surface area (Å²) in [5, 5.41) is 11.5. The quantitative estimate of drug-likeness (QED) is 0.764. The fraction of sp³-hybridized carbons (Fsp3) is 0.438. The average Bonchev–Trinajstić information content (AvgIpc) is 2.38. The van der Waals surface area contributed by atoms with Crippen LogP contribution in [0.1, 0.15) is 39.2 Å². The van der Waals surface area contributed by atoms with Crippen LogP contribution in [0.25, 0.3) is 0 Å². The number of anilines is 1. The second kappa shape index (κ2) is 7.23. The lowest BCUT2D eigenvalue weighted by atomic mass is 9.88. The van der Waals surface area contributed by atoms with Crippen molar-refractivity contribution in [2.75, 3.05) is 5.32 Å². The Morgan fingerprint density at radius 2 is 1.70 bits per heavy atom. The van der Waals surface area contributed by atoms with E-state index in [2.05, 4.69) is 5.32 Å². The summed E-state index contributed by atoms with van der Waals surface area (Å²) in [6, 6.07) is 4.91. The van der Waals surface area contributed by atoms with Crippen LogP contribution < -0.4 is 11.1 Å². The van der Waals surface area contributed by atoms with E-state index in [4.69, 9.17) is 15.6 Å². The molecule has 7 heteroatoms. The van der Waals surface area contributed by atoms with Gasteiger partial charge in [0.15, 0.2) is 0 Å². The van der Waals surface area contributed by atoms with Crippen LogP contribution >= 0.6 is 0 Å². The zero-order chi connectivity index (χ0) is 17.8. The van der Waals surface area contributed by atoms with Gasteiger partial charge in [0.25, 0.3) is 0 Å². The summed E-state index contributed by atoms with van der Waals surface area (Å²) in [7, 11) is 0. The van der Waals surface area contributed by atoms with Crippen LogP contribution in [0.15, 0.2) is 24.3 Å². The smallest absolute Gasteiger partial charge is 0.412 e. The van der Waals surface area contributed by atoms with E-state index in [0.29, 0.717) is 11.3 Å². The van der Waals surface area contributed by atoms with E-state index >= 15 is 0 Å². The maximum atomic E-state index is 11.7. The zero-order valence-electron chi connectivity index (χ0n) is 13.6. The fourth-order valence-electron chi connectivity index (χ4n) is 2.03. The molecule has 0 aromatic heterocycles. The van der Waals surface area contributed by atoms with Gasteiger partial charge in [-0.3, -0.25) is 14.9 Å². The van der Waals surface area contributed by atoms with Crippen molar-refractivity contribution >= 4 is 23.5 Å². The Kier molecular flexibility index (Phi) is 5.86. The van der Waals surface area contributed by atoms with Crippen molar-refractivity contribution in [1.29, 1.82) is 0 Å². The van der Waals surface area contributed by atoms with Crippen molar-refractivity contribution in [2.45, 2.75) is 45.3 Å². The Morgan fingerprint density at radius 1 is 1.17 bits per heavy atom. The highest BCUT2D eigenvalue weighted by Gasteiger charge is 2.29. The zero-order valence-corrected chi connectivity index (χ0v) is 13.6. The van der Waals surface area contributed by atoms with Crippen molar-refractivity contribution in [3.63, 3.8) is 0 Å². The summed E-state index contributed by atoms with van der Waals surface area (Å²) in [5.41, 5.74) is 5.90. The van der Waals surface area contributed by atoms with Crippen LogP contribution in [0.5, 0.6) is 0 Å². The number of ether oxygens (including phenoxy) is 1. The predicted molar refractivity (Wildman–Crippen MR) is 85.3 cm³/mol. The van der Waals surface area contributed by atoms with Crippen LogP contribution in [-0.2, 0) is 14.3 Å². The highest BCUT2D eigenvalue weighted by molar-refractivity contribution is 5.91. The molecule has 4 N–H and O–H groups in total. The van der Waals surface area contributed by atoms with Crippen molar-refractivity contribution in [3.8, 4) is 0 Å². The van der Waals surface area contributed by atoms with Gasteiger partial charge in [-0.05, 0) is 45.4 Å². The molecule has 1 rings (SSSR count). The standard InChI is InChI=1S/C16H22N2O5/c1-9(19)12(13(17)14(20)21)10-5-7-11(8-6-10)18-15(22)23-16(2,3)4/h5-8,12-13H,17H2,1-4H3,(H,18,22)(H,20,21). The van der Waals surface area contributed by atoms with Crippen LogP contribution in [0, 0.1) is 0 Å². The summed E-state index contributed by atoms with van der Waals surface area (Å²) in [4.78, 5) is 34.4. The number of amides is 1. The normalized spacial score (nSPS) is 13.8. The number of nitrogens with one attached hydrogen (secondary N) is 1. The Balaban J connectivity index is 2.88. The molecule has 1 aromatic carbocycles. The molecule has 0 radical (unpaired) electrons. The Labute approximate surface area is 134 Å². The molecule has 0 aliphatic rings. The van der Waals surface area contributed by atoms with E-state index < -0.39 is 29.6 Å². The fourth-order valence-corrected chi connectivity index (χ4v) is 2.03. The maximum Gasteiger partial charge on any atom is 0.412 e. The lowest BCUT2D eigenvalue weighted by molar-refractivity contribution is -0.140. The number of hydrogen-bond donors (Lipinski definition) is 3. The molecule has 23 heavy (non-hydrogen) atoms. The van der Waals surface area contributed by atoms with Crippen LogP contribution in [0.2, 0.25) is 0 Å². The molecule has 0 fully saturated rings. The van der Waals surface area contributed by atoms with Crippen molar-refractivity contribution < 1.29 is 24.2 Å². The van der Waals surface area contributed by atoms with Gasteiger partial charge in [-0.2, -0.15) is 0 Å². The topological polar surface area (TPSA) is 119 Å². The van der Waals surface area contributed by atoms with Gasteiger partial charge < -0.3 is 15.6 Å². The first-order chi connectivity index (χ1) is 10.5. The number of carbonyl (C=O) groups excluding carboxylic acids is 2. The third-order valence-electron chi connectivity index (χ3n) is 3.00. The molecule has 0 aliphatic carbocycles. The highest BCUT2D eigenvalue weighted by Crippen LogP contribution is 2.22. The summed E-state index contributed by atoms with van der Waals surface area (Å²) >= 11 is 0. The van der Waals surface area contributed by atoms with Gasteiger partial charge in [0, 0.05) is 5.69 Å². The molecule has 0 bridgehead atoms. The molecule has 2 unspecified atom stereocenters. The molecule has 0 heterocycles. The first kappa shape index (κ1) is 18.6. The average molecular weight is 322 g/mol. The van der Waals surface area contributed by atoms with Crippen LogP contribution in [0.4, 0.5) is 10.5 Å². The number of ketones is 1. The van der Waals surface area contributed by atoms with Gasteiger partial charge in [-0.1, -0.05) is 12.1 Å². The molecule has 7 nitrogen and oxygen atoms in total. The first-order valence-corrected chi connectivity index (χ1v) is 7.10. The number of benzene rings is 1. The third kappa shape index (κ3) is 5.71. The number of rotatable bonds is 5. The maximum absolute atomic E-state index is 11.7. The van der Waals surface area contributed by atoms with Crippen molar-refractivity contribution in [3.05, 3.63) is 29.8 Å². The monoisotopic (exact) mass is 322 g/mol. The number of aliphatic carboxylic acids is 1. The number of nitrogens with two attached hydrogens (primary N) is 1. The number of carboxylic acids is 1. The molecule has 0 saturated carbocycles. The minimum absolute atomic E-state index is 0.340. The SMILES string of the molecule is CC(=O)C(c1ccc(NC(=O)OC(C)(C)C)cc1)C(N)C(=O)O. The molecule has 126 valence electrons. The van der Waals surface area contributed by atoms with Gasteiger partial charge >= 0.3 is 12.1 Å². The molecule has 0 saturated heterocycles. The molecule has 1 amide bonds. The number of hydrogen-bond acceptors (Lipinski definition) is 5. The second-order valence-electron chi connectivity index (χ2n) is 6.20. The van der Waals surface area contributed by atoms with E-state index in [1.165, 1.54) is 6.92 Å². The van der Waals surface area contributed by atoms with E-state index in [1.807, 2.05) is 0 Å². The van der Waals surface area contributed by atoms with Crippen molar-refractivity contribution in [2.24, 2.45) is 5.73 Å². The molecule has 0 spiro atoms. The lowest BCUT2D eigenvalue weighted by Crippen LogP contribution is -2.39. The first-order valence-electron chi connectivity index (χ1n) is 7.10. The lowest BCUT2D eigenvalue weighted by Gasteiger charge is -2.20. The van der Waals surface area contributed by atoms with Gasteiger partial charge in [0.1, 0.15) is 17.4 Å². The van der Waals surface area contributed by atoms with Gasteiger partial charge in [-0.15, -0.1) is 0 Å². The highest BCUT2D eigenvalue weighted by atomic mass is 16.6. The molecular formula is C16H22N2O5. The van der Waals surface area contributed by atoms with Crippen LogP contribution in [0.3, 0.4) is 0 Å². The van der Waals surface area contributed by atoms with Crippen LogP contribution in [-0.4, -0.2) is 34.6 Å². The van der Waals surface area contributed by atoms with Crippen molar-refractivity contribution in [1.82, 2.24) is 0 Å². The number of carboxylic acid groups (broad SMARTS) is 1. The van der Waals surface area contributed by atoms with E-state index in [9.17, 15) is 14.4 Å². The van der Waals surface area contributed by atoms with E-state index in [-0.39, 0.29) is 5.78 Å². The number of carbonyl (C=O) groups is 3. The molecule has 0 aliphatic heterocycles. The van der Waals surface area contributed by atoms with Gasteiger partial charge in [0.2, 0.25) is 0 Å². The Morgan fingerprint density at radius 3 is 2.09 bits per heavy atom. The van der Waals surface area contributed by atoms with E-state index in [0.717, 1.165) is 0 Å². The minimum Gasteiger partial charge on any atom is -0.480 e. The van der Waals surface area contributed by atoms with Gasteiger partial charge in [-0.25, -0.2) is 4.79 Å². The largest absolute Gasteiger partial charge is 0.480 e. The minimum atomic E-state index is -1.32. The molecule has 1 aromatic rings. The summed E-state index contributed by atoms with van der Waals surface area (Å²) in [6.45, 7) is 6.54. The predicted octanol–water partition coefficient (Wildman–Crippen LogP) is 2.12. The van der Waals surface area contributed by atoms with Gasteiger partial charge in [0.05, 0.1) is 5.92 Å². The Bertz CT molecular complexity index is 589.